The summed E-state index contributed by atoms with van der Waals surface area (Å²) in [6, 6.07) is 12.8. The van der Waals surface area contributed by atoms with Gasteiger partial charge < -0.3 is 19.7 Å². The Morgan fingerprint density at radius 2 is 1.93 bits per heavy atom. The molecule has 0 spiro atoms. The molecule has 0 aliphatic rings. The Balaban J connectivity index is 1.68. The van der Waals surface area contributed by atoms with E-state index in [0.29, 0.717) is 11.5 Å². The van der Waals surface area contributed by atoms with Gasteiger partial charge in [-0.1, -0.05) is 35.5 Å². The monoisotopic (exact) mass is 382 g/mol. The van der Waals surface area contributed by atoms with E-state index in [9.17, 15) is 9.90 Å². The van der Waals surface area contributed by atoms with E-state index in [1.165, 1.54) is 6.07 Å². The van der Waals surface area contributed by atoms with Gasteiger partial charge in [-0.15, -0.1) is 10.2 Å². The smallest absolute Gasteiger partial charge is 0.272 e. The molecule has 3 aromatic rings. The number of aliphatic hydroxyl groups excluding tert-OH is 1. The van der Waals surface area contributed by atoms with E-state index in [2.05, 4.69) is 20.7 Å². The van der Waals surface area contributed by atoms with Crippen LogP contribution in [0.4, 0.5) is 0 Å². The summed E-state index contributed by atoms with van der Waals surface area (Å²) in [5.41, 5.74) is 1.86. The van der Waals surface area contributed by atoms with Gasteiger partial charge >= 0.3 is 0 Å². The Morgan fingerprint density at radius 1 is 1.18 bits per heavy atom. The van der Waals surface area contributed by atoms with E-state index in [1.54, 1.807) is 19.9 Å². The number of amides is 1. The number of hydrogen-bond donors (Lipinski definition) is 2. The molecule has 0 fully saturated rings. The van der Waals surface area contributed by atoms with Crippen LogP contribution in [0, 0.1) is 6.92 Å². The third kappa shape index (κ3) is 4.52. The minimum Gasteiger partial charge on any atom is -0.472 e. The average Bonchev–Trinajstić information content (AvgIpc) is 3.07. The highest BCUT2D eigenvalue weighted by Gasteiger charge is 2.21. The van der Waals surface area contributed by atoms with Crippen molar-refractivity contribution in [2.75, 3.05) is 6.61 Å². The Bertz CT molecular complexity index is 937. The summed E-state index contributed by atoms with van der Waals surface area (Å²) in [4.78, 5) is 12.1. The van der Waals surface area contributed by atoms with E-state index in [1.807, 2.05) is 37.3 Å². The minimum absolute atomic E-state index is 0.139. The number of nitrogens with one attached hydrogen (secondary N) is 1. The van der Waals surface area contributed by atoms with Crippen LogP contribution >= 0.6 is 0 Å². The fraction of sp³-hybridized carbons (Fsp3) is 0.300. The van der Waals surface area contributed by atoms with E-state index < -0.39 is 11.4 Å². The summed E-state index contributed by atoms with van der Waals surface area (Å²) in [5.74, 6) is 0.519. The highest BCUT2D eigenvalue weighted by Crippen LogP contribution is 2.26. The Hall–Kier alpha value is -3.26. The summed E-state index contributed by atoms with van der Waals surface area (Å²) in [5, 5.41) is 23.9. The predicted octanol–water partition coefficient (Wildman–Crippen LogP) is 2.52. The van der Waals surface area contributed by atoms with E-state index in [-0.39, 0.29) is 24.8 Å². The van der Waals surface area contributed by atoms with Gasteiger partial charge in [0.2, 0.25) is 5.88 Å². The molecule has 8 nitrogen and oxygen atoms in total. The molecule has 0 radical (unpaired) electrons. The molecule has 0 bridgehead atoms. The lowest BCUT2D eigenvalue weighted by atomic mass is 10.1. The second-order valence-corrected chi connectivity index (χ2v) is 6.97. The number of carbonyl (C=O) groups excluding carboxylic acids is 1. The molecule has 0 saturated carbocycles. The molecule has 0 unspecified atom stereocenters. The lowest BCUT2D eigenvalue weighted by Gasteiger charge is -2.22. The number of aryl methyl sites for hydroxylation is 1. The molecule has 2 aromatic heterocycles. The zero-order valence-electron chi connectivity index (χ0n) is 16.0. The largest absolute Gasteiger partial charge is 0.472 e. The topological polar surface area (TPSA) is 110 Å². The zero-order chi connectivity index (χ0) is 20.1. The fourth-order valence-electron chi connectivity index (χ4n) is 2.46. The first-order valence-electron chi connectivity index (χ1n) is 8.80. The molecule has 2 N–H and O–H groups in total. The number of benzene rings is 1. The van der Waals surface area contributed by atoms with Gasteiger partial charge in [-0.2, -0.15) is 0 Å². The maximum Gasteiger partial charge on any atom is 0.272 e. The van der Waals surface area contributed by atoms with Crippen molar-refractivity contribution in [2.24, 2.45) is 0 Å². The summed E-state index contributed by atoms with van der Waals surface area (Å²) < 4.78 is 11.0. The summed E-state index contributed by atoms with van der Waals surface area (Å²) in [6.07, 6.45) is 0. The van der Waals surface area contributed by atoms with Gasteiger partial charge in [0.1, 0.15) is 18.1 Å². The molecule has 0 aliphatic heterocycles. The first-order valence-corrected chi connectivity index (χ1v) is 8.80. The molecule has 3 rings (SSSR count). The van der Waals surface area contributed by atoms with Crippen LogP contribution in [0.25, 0.3) is 11.3 Å². The third-order valence-corrected chi connectivity index (χ3v) is 4.12. The normalized spacial score (nSPS) is 11.3. The van der Waals surface area contributed by atoms with E-state index >= 15 is 0 Å². The number of rotatable bonds is 7. The van der Waals surface area contributed by atoms with Crippen molar-refractivity contribution in [1.82, 2.24) is 20.7 Å². The fourth-order valence-corrected chi connectivity index (χ4v) is 2.46. The molecule has 146 valence electrons. The maximum absolute atomic E-state index is 12.1. The third-order valence-electron chi connectivity index (χ3n) is 4.12. The zero-order valence-corrected chi connectivity index (χ0v) is 16.0. The van der Waals surface area contributed by atoms with Crippen molar-refractivity contribution >= 4 is 5.91 Å². The van der Waals surface area contributed by atoms with Crippen LogP contribution < -0.4 is 10.1 Å². The van der Waals surface area contributed by atoms with E-state index in [4.69, 9.17) is 9.26 Å². The van der Waals surface area contributed by atoms with Crippen LogP contribution in [0.3, 0.4) is 0 Å². The van der Waals surface area contributed by atoms with Crippen molar-refractivity contribution in [1.29, 1.82) is 0 Å². The highest BCUT2D eigenvalue weighted by molar-refractivity contribution is 5.92. The lowest BCUT2D eigenvalue weighted by Crippen LogP contribution is -2.46. The van der Waals surface area contributed by atoms with Crippen LogP contribution in [0.1, 0.15) is 35.7 Å². The summed E-state index contributed by atoms with van der Waals surface area (Å²) >= 11 is 0. The van der Waals surface area contributed by atoms with Crippen LogP contribution in [-0.4, -0.2) is 38.5 Å². The number of ether oxygens (including phenoxy) is 1. The van der Waals surface area contributed by atoms with Gasteiger partial charge in [0, 0.05) is 11.6 Å². The number of aliphatic hydroxyl groups is 1. The van der Waals surface area contributed by atoms with Gasteiger partial charge in [-0.05, 0) is 26.8 Å². The van der Waals surface area contributed by atoms with Crippen LogP contribution in [-0.2, 0) is 6.61 Å². The lowest BCUT2D eigenvalue weighted by molar-refractivity contribution is 0.0863. The number of carbonyl (C=O) groups is 1. The van der Waals surface area contributed by atoms with E-state index in [0.717, 1.165) is 11.1 Å². The Morgan fingerprint density at radius 3 is 2.57 bits per heavy atom. The average molecular weight is 382 g/mol. The predicted molar refractivity (Wildman–Crippen MR) is 102 cm³/mol. The van der Waals surface area contributed by atoms with Gasteiger partial charge in [-0.25, -0.2) is 0 Å². The maximum atomic E-state index is 12.1. The molecule has 0 aliphatic carbocycles. The van der Waals surface area contributed by atoms with Gasteiger partial charge in [-0.3, -0.25) is 4.79 Å². The van der Waals surface area contributed by atoms with Crippen LogP contribution in [0.2, 0.25) is 0 Å². The Kier molecular flexibility index (Phi) is 5.70. The highest BCUT2D eigenvalue weighted by atomic mass is 16.5. The van der Waals surface area contributed by atoms with Crippen molar-refractivity contribution in [3.05, 3.63) is 59.5 Å². The Labute approximate surface area is 162 Å². The number of nitrogens with zero attached hydrogens (tertiary/aromatic N) is 3. The second kappa shape index (κ2) is 8.18. The number of aromatic nitrogens is 3. The first kappa shape index (κ1) is 19.5. The van der Waals surface area contributed by atoms with Crippen molar-refractivity contribution in [3.63, 3.8) is 0 Å². The van der Waals surface area contributed by atoms with Gasteiger partial charge in [0.25, 0.3) is 5.91 Å². The van der Waals surface area contributed by atoms with Crippen molar-refractivity contribution in [2.45, 2.75) is 32.9 Å². The minimum atomic E-state index is -0.742. The molecule has 1 aromatic carbocycles. The summed E-state index contributed by atoms with van der Waals surface area (Å²) in [6.45, 7) is 5.26. The molecule has 0 saturated heterocycles. The van der Waals surface area contributed by atoms with Crippen LogP contribution in [0.5, 0.6) is 5.88 Å². The molecular formula is C20H22N4O4. The standard InChI is InChI=1S/C20H22N4O4/c1-13-15(18(24-28-13)14-7-5-4-6-8-14)11-27-17-10-9-16(22-23-17)19(26)21-20(2,3)12-25/h4-10,25H,11-12H2,1-3H3,(H,21,26). The van der Waals surface area contributed by atoms with Crippen LogP contribution in [0.15, 0.2) is 47.0 Å². The molecule has 2 heterocycles. The molecule has 1 amide bonds. The quantitative estimate of drug-likeness (QED) is 0.646. The van der Waals surface area contributed by atoms with Crippen molar-refractivity contribution in [3.8, 4) is 17.1 Å². The number of hydrogen-bond acceptors (Lipinski definition) is 7. The van der Waals surface area contributed by atoms with Gasteiger partial charge in [0.15, 0.2) is 5.69 Å². The summed E-state index contributed by atoms with van der Waals surface area (Å²) in [7, 11) is 0. The first-order chi connectivity index (χ1) is 13.4. The molecule has 28 heavy (non-hydrogen) atoms. The SMILES string of the molecule is Cc1onc(-c2ccccc2)c1COc1ccc(C(=O)NC(C)(C)CO)nn1. The van der Waals surface area contributed by atoms with Crippen molar-refractivity contribution < 1.29 is 19.2 Å². The molecule has 0 atom stereocenters. The molecular weight excluding hydrogens is 360 g/mol. The van der Waals surface area contributed by atoms with Gasteiger partial charge in [0.05, 0.1) is 17.7 Å². The molecule has 8 heteroatoms. The second-order valence-electron chi connectivity index (χ2n) is 6.97.